The van der Waals surface area contributed by atoms with Gasteiger partial charge in [-0.3, -0.25) is 9.59 Å². The van der Waals surface area contributed by atoms with Crippen LogP contribution in [0.5, 0.6) is 0 Å². The molecule has 7 nitrogen and oxygen atoms in total. The first-order valence-electron chi connectivity index (χ1n) is 23.4. The average Bonchev–Trinajstić information content (AvgIpc) is 3.15. The van der Waals surface area contributed by atoms with Gasteiger partial charge in [-0.25, -0.2) is 0 Å². The van der Waals surface area contributed by atoms with Gasteiger partial charge in [-0.05, 0) is 33.6 Å². The van der Waals surface area contributed by atoms with Crippen molar-refractivity contribution in [2.24, 2.45) is 0 Å². The highest BCUT2D eigenvalue weighted by molar-refractivity contribution is 6.62. The molecule has 53 heavy (non-hydrogen) atoms. The van der Waals surface area contributed by atoms with Gasteiger partial charge in [0.2, 0.25) is 11.8 Å². The van der Waals surface area contributed by atoms with E-state index in [-0.39, 0.29) is 30.2 Å². The third kappa shape index (κ3) is 30.9. The largest absolute Gasteiger partial charge is 0.505 e. The zero-order valence-electron chi connectivity index (χ0n) is 36.5. The van der Waals surface area contributed by atoms with Gasteiger partial charge in [-0.2, -0.15) is 0 Å². The third-order valence-corrected chi connectivity index (χ3v) is 14.2. The minimum absolute atomic E-state index is 0.0702. The maximum Gasteiger partial charge on any atom is 0.505 e. The zero-order chi connectivity index (χ0) is 39.1. The van der Waals surface area contributed by atoms with E-state index in [1.807, 2.05) is 27.7 Å². The number of carbonyl (C=O) groups is 2. The molecule has 1 unspecified atom stereocenters. The quantitative estimate of drug-likeness (QED) is 0.0494. The number of hydrogen-bond acceptors (Lipinski definition) is 5. The van der Waals surface area contributed by atoms with Crippen LogP contribution < -0.4 is 5.32 Å². The van der Waals surface area contributed by atoms with Crippen molar-refractivity contribution < 1.29 is 22.9 Å². The topological polar surface area (TPSA) is 77.1 Å². The molecule has 2 amide bonds. The summed E-state index contributed by atoms with van der Waals surface area (Å²) in [5.41, 5.74) is -0.0702. The van der Waals surface area contributed by atoms with Crippen LogP contribution in [0, 0.1) is 0 Å². The Labute approximate surface area is 332 Å². The molecule has 0 heterocycles. The molecule has 0 aromatic rings. The Hall–Kier alpha value is -0.963. The van der Waals surface area contributed by atoms with Gasteiger partial charge in [0.1, 0.15) is 0 Å². The molecule has 0 radical (unpaired) electrons. The maximum absolute atomic E-state index is 13.4. The number of nitrogens with one attached hydrogen (secondary N) is 1. The van der Waals surface area contributed by atoms with Gasteiger partial charge in [-0.15, -0.1) is 0 Å². The van der Waals surface area contributed by atoms with Crippen molar-refractivity contribution in [2.45, 2.75) is 240 Å². The molecular formula is C45H92N2O5Si. The lowest BCUT2D eigenvalue weighted by Gasteiger charge is -2.33. The molecule has 0 spiro atoms. The molecule has 1 N–H and O–H groups in total. The van der Waals surface area contributed by atoms with Crippen molar-refractivity contribution in [3.05, 3.63) is 0 Å². The fraction of sp³-hybridized carbons (Fsp3) is 0.956. The van der Waals surface area contributed by atoms with Crippen LogP contribution in [-0.4, -0.2) is 65.0 Å². The molecule has 0 rings (SSSR count). The van der Waals surface area contributed by atoms with E-state index in [4.69, 9.17) is 13.3 Å². The Balaban J connectivity index is 4.58. The minimum Gasteiger partial charge on any atom is -0.374 e. The second-order valence-corrected chi connectivity index (χ2v) is 18.7. The fourth-order valence-corrected chi connectivity index (χ4v) is 10.0. The molecule has 0 aromatic carbocycles. The van der Waals surface area contributed by atoms with Crippen LogP contribution in [0.2, 0.25) is 5.54 Å². The van der Waals surface area contributed by atoms with Crippen LogP contribution in [0.25, 0.3) is 0 Å². The Bertz CT molecular complexity index is 752. The third-order valence-electron chi connectivity index (χ3n) is 10.7. The van der Waals surface area contributed by atoms with E-state index in [9.17, 15) is 9.59 Å². The van der Waals surface area contributed by atoms with Crippen molar-refractivity contribution >= 4 is 20.6 Å². The molecule has 0 aliphatic heterocycles. The normalized spacial score (nSPS) is 12.3. The molecule has 0 saturated heterocycles. The van der Waals surface area contributed by atoms with Crippen LogP contribution in [0.1, 0.15) is 234 Å². The minimum atomic E-state index is -2.90. The molecule has 0 aliphatic rings. The first-order chi connectivity index (χ1) is 25.9. The predicted octanol–water partition coefficient (Wildman–Crippen LogP) is 13.1. The summed E-state index contributed by atoms with van der Waals surface area (Å²) >= 11 is 0. The van der Waals surface area contributed by atoms with E-state index < -0.39 is 8.80 Å². The van der Waals surface area contributed by atoms with Crippen LogP contribution in [0.15, 0.2) is 0 Å². The molecule has 0 fully saturated rings. The van der Waals surface area contributed by atoms with Crippen molar-refractivity contribution in [3.8, 4) is 0 Å². The second kappa shape index (κ2) is 39.3. The van der Waals surface area contributed by atoms with Crippen molar-refractivity contribution in [1.82, 2.24) is 10.2 Å². The summed E-state index contributed by atoms with van der Waals surface area (Å²) in [5, 5.41) is 3.04. The SMILES string of the molecule is CCCCCCCCCCCCCCCCN(CCCCCCCCCCCCCCCC)C(=O)CCC(=O)NCC(C)[Si](OCC)(OCC)OCC. The fourth-order valence-electron chi connectivity index (χ4n) is 7.37. The molecule has 0 aromatic heterocycles. The molecule has 0 aliphatic carbocycles. The van der Waals surface area contributed by atoms with Crippen LogP contribution in [0.3, 0.4) is 0 Å². The summed E-state index contributed by atoms with van der Waals surface area (Å²) in [6, 6.07) is 0. The molecule has 316 valence electrons. The summed E-state index contributed by atoms with van der Waals surface area (Å²) in [6.45, 7) is 16.0. The lowest BCUT2D eigenvalue weighted by molar-refractivity contribution is -0.133. The molecule has 0 saturated carbocycles. The van der Waals surface area contributed by atoms with E-state index >= 15 is 0 Å². The van der Waals surface area contributed by atoms with Gasteiger partial charge >= 0.3 is 8.80 Å². The second-order valence-electron chi connectivity index (χ2n) is 15.7. The van der Waals surface area contributed by atoms with E-state index in [1.165, 1.54) is 167 Å². The Morgan fingerprint density at radius 1 is 0.472 bits per heavy atom. The monoisotopic (exact) mass is 769 g/mol. The van der Waals surface area contributed by atoms with Crippen molar-refractivity contribution in [1.29, 1.82) is 0 Å². The summed E-state index contributed by atoms with van der Waals surface area (Å²) in [5.74, 6) is 0.0322. The number of rotatable bonds is 42. The van der Waals surface area contributed by atoms with E-state index in [0.29, 0.717) is 26.4 Å². The van der Waals surface area contributed by atoms with Gasteiger partial charge in [0.15, 0.2) is 0 Å². The van der Waals surface area contributed by atoms with Crippen molar-refractivity contribution in [3.63, 3.8) is 0 Å². The van der Waals surface area contributed by atoms with E-state index in [0.717, 1.165) is 25.9 Å². The molecule has 1 atom stereocenters. The van der Waals surface area contributed by atoms with E-state index in [2.05, 4.69) is 24.1 Å². The number of hydrogen-bond donors (Lipinski definition) is 1. The first kappa shape index (κ1) is 52.0. The maximum atomic E-state index is 13.4. The summed E-state index contributed by atoms with van der Waals surface area (Å²) < 4.78 is 18.1. The smallest absolute Gasteiger partial charge is 0.374 e. The van der Waals surface area contributed by atoms with Gasteiger partial charge in [0.25, 0.3) is 0 Å². The lowest BCUT2D eigenvalue weighted by atomic mass is 10.0. The molecule has 0 bridgehead atoms. The van der Waals surface area contributed by atoms with Gasteiger partial charge in [-0.1, -0.05) is 188 Å². The van der Waals surface area contributed by atoms with Crippen molar-refractivity contribution in [2.75, 3.05) is 39.5 Å². The number of unbranched alkanes of at least 4 members (excludes halogenated alkanes) is 26. The average molecular weight is 769 g/mol. The summed E-state index contributed by atoms with van der Waals surface area (Å²) in [4.78, 5) is 28.4. The highest BCUT2D eigenvalue weighted by Crippen LogP contribution is 2.25. The lowest BCUT2D eigenvalue weighted by Crippen LogP contribution is -2.52. The number of nitrogens with zero attached hydrogens (tertiary/aromatic N) is 1. The molecular weight excluding hydrogens is 677 g/mol. The summed E-state index contributed by atoms with van der Waals surface area (Å²) in [6.07, 6.45) is 37.8. The highest BCUT2D eigenvalue weighted by Gasteiger charge is 2.46. The first-order valence-corrected chi connectivity index (χ1v) is 25.2. The Morgan fingerprint density at radius 3 is 1.08 bits per heavy atom. The highest BCUT2D eigenvalue weighted by atomic mass is 28.4. The van der Waals surface area contributed by atoms with Gasteiger partial charge in [0, 0.05) is 57.8 Å². The summed E-state index contributed by atoms with van der Waals surface area (Å²) in [7, 11) is -2.90. The van der Waals surface area contributed by atoms with Crippen LogP contribution >= 0.6 is 0 Å². The standard InChI is InChI=1S/C45H92N2O5Si/c1-7-12-14-16-18-20-22-24-26-28-30-32-34-36-40-47(41-37-35-33-31-29-27-25-23-21-19-17-15-13-8-2)45(49)39-38-44(48)46-42-43(6)53(50-9-3,51-10-4)52-11-5/h43H,7-42H2,1-6H3,(H,46,48). The Kier molecular flexibility index (Phi) is 38.6. The van der Waals surface area contributed by atoms with Gasteiger partial charge in [0.05, 0.1) is 0 Å². The molecule has 8 heteroatoms. The Morgan fingerprint density at radius 2 is 0.774 bits per heavy atom. The number of carbonyl (C=O) groups excluding carboxylic acids is 2. The van der Waals surface area contributed by atoms with Crippen LogP contribution in [0.4, 0.5) is 0 Å². The zero-order valence-corrected chi connectivity index (χ0v) is 37.5. The predicted molar refractivity (Wildman–Crippen MR) is 230 cm³/mol. The number of amides is 2. The van der Waals surface area contributed by atoms with E-state index in [1.54, 1.807) is 0 Å². The van der Waals surface area contributed by atoms with Gasteiger partial charge < -0.3 is 23.5 Å². The van der Waals surface area contributed by atoms with Crippen LogP contribution in [-0.2, 0) is 22.9 Å².